The van der Waals surface area contributed by atoms with Crippen LogP contribution in [0.3, 0.4) is 0 Å². The van der Waals surface area contributed by atoms with Gasteiger partial charge in [-0.25, -0.2) is 4.79 Å². The second-order valence-electron chi connectivity index (χ2n) is 3.85. The lowest BCUT2D eigenvalue weighted by molar-refractivity contribution is 0.252. The lowest BCUT2D eigenvalue weighted by Gasteiger charge is -2.09. The van der Waals surface area contributed by atoms with E-state index in [1.165, 1.54) is 0 Å². The Labute approximate surface area is 115 Å². The quantitative estimate of drug-likeness (QED) is 0.875. The van der Waals surface area contributed by atoms with E-state index in [0.29, 0.717) is 11.6 Å². The molecule has 1 aromatic carbocycles. The summed E-state index contributed by atoms with van der Waals surface area (Å²) in [5.41, 5.74) is 1.71. The first-order valence-electron chi connectivity index (χ1n) is 5.48. The van der Waals surface area contributed by atoms with Gasteiger partial charge in [0.25, 0.3) is 0 Å². The maximum absolute atomic E-state index is 11.7. The van der Waals surface area contributed by atoms with Crippen molar-refractivity contribution in [3.63, 3.8) is 0 Å². The average Bonchev–Trinajstić information content (AvgIpc) is 2.84. The molecule has 0 unspecified atom stereocenters. The molecule has 2 rings (SSSR count). The second-order valence-corrected chi connectivity index (χ2v) is 5.31. The van der Waals surface area contributed by atoms with Gasteiger partial charge in [-0.15, -0.1) is 11.3 Å². The van der Waals surface area contributed by atoms with E-state index in [9.17, 15) is 4.79 Å². The molecule has 0 radical (unpaired) electrons. The molecule has 94 valence electrons. The van der Waals surface area contributed by atoms with Crippen LogP contribution in [0.25, 0.3) is 0 Å². The van der Waals surface area contributed by atoms with Crippen molar-refractivity contribution in [2.75, 3.05) is 5.32 Å². The molecule has 0 aliphatic rings. The highest BCUT2D eigenvalue weighted by molar-refractivity contribution is 7.09. The summed E-state index contributed by atoms with van der Waals surface area (Å²) in [5, 5.41) is 8.17. The zero-order valence-electron chi connectivity index (χ0n) is 9.87. The molecule has 2 N–H and O–H groups in total. The number of nitrogens with one attached hydrogen (secondary N) is 2. The van der Waals surface area contributed by atoms with Crippen molar-refractivity contribution >= 4 is 34.7 Å². The van der Waals surface area contributed by atoms with Crippen LogP contribution in [0.4, 0.5) is 10.5 Å². The number of amides is 2. The van der Waals surface area contributed by atoms with Crippen molar-refractivity contribution in [3.8, 4) is 0 Å². The Balaban J connectivity index is 1.92. The number of hydrogen-bond donors (Lipinski definition) is 2. The molecule has 0 spiro atoms. The van der Waals surface area contributed by atoms with Gasteiger partial charge in [0.2, 0.25) is 0 Å². The zero-order chi connectivity index (χ0) is 13.0. The van der Waals surface area contributed by atoms with E-state index in [2.05, 4.69) is 10.6 Å². The highest BCUT2D eigenvalue weighted by Gasteiger charge is 2.05. The Morgan fingerprint density at radius 2 is 2.22 bits per heavy atom. The summed E-state index contributed by atoms with van der Waals surface area (Å²) in [6.07, 6.45) is 0. The van der Waals surface area contributed by atoms with E-state index in [-0.39, 0.29) is 6.03 Å². The van der Waals surface area contributed by atoms with Crippen LogP contribution >= 0.6 is 22.9 Å². The molecule has 5 heteroatoms. The summed E-state index contributed by atoms with van der Waals surface area (Å²) in [4.78, 5) is 12.8. The molecule has 1 heterocycles. The first-order valence-corrected chi connectivity index (χ1v) is 6.74. The molecule has 0 bridgehead atoms. The molecule has 0 aliphatic heterocycles. The van der Waals surface area contributed by atoms with Gasteiger partial charge in [-0.1, -0.05) is 23.7 Å². The van der Waals surface area contributed by atoms with Gasteiger partial charge >= 0.3 is 6.03 Å². The summed E-state index contributed by atoms with van der Waals surface area (Å²) < 4.78 is 0. The van der Waals surface area contributed by atoms with E-state index in [0.717, 1.165) is 16.1 Å². The third-order valence-electron chi connectivity index (χ3n) is 2.45. The number of hydrogen-bond acceptors (Lipinski definition) is 2. The van der Waals surface area contributed by atoms with Crippen LogP contribution in [0.2, 0.25) is 5.02 Å². The molecule has 18 heavy (non-hydrogen) atoms. The van der Waals surface area contributed by atoms with Gasteiger partial charge in [0.1, 0.15) is 0 Å². The van der Waals surface area contributed by atoms with E-state index in [1.54, 1.807) is 23.5 Å². The van der Waals surface area contributed by atoms with Crippen LogP contribution in [-0.4, -0.2) is 6.03 Å². The first kappa shape index (κ1) is 12.9. The number of benzene rings is 1. The first-order chi connectivity index (χ1) is 8.65. The highest BCUT2D eigenvalue weighted by atomic mass is 35.5. The Bertz CT molecular complexity index is 540. The third-order valence-corrected chi connectivity index (χ3v) is 3.56. The number of rotatable bonds is 3. The van der Waals surface area contributed by atoms with E-state index in [1.807, 2.05) is 30.5 Å². The van der Waals surface area contributed by atoms with Crippen molar-refractivity contribution in [2.45, 2.75) is 13.5 Å². The number of halogens is 1. The number of anilines is 1. The van der Waals surface area contributed by atoms with Crippen molar-refractivity contribution < 1.29 is 4.79 Å². The van der Waals surface area contributed by atoms with Crippen LogP contribution in [-0.2, 0) is 6.54 Å². The van der Waals surface area contributed by atoms with E-state index < -0.39 is 0 Å². The number of urea groups is 1. The normalized spacial score (nSPS) is 10.1. The van der Waals surface area contributed by atoms with Crippen LogP contribution in [0.1, 0.15) is 10.4 Å². The molecule has 0 atom stereocenters. The molecule has 2 amide bonds. The fourth-order valence-corrected chi connectivity index (χ4v) is 2.29. The molecule has 0 saturated heterocycles. The summed E-state index contributed by atoms with van der Waals surface area (Å²) in [6.45, 7) is 2.45. The molecule has 0 saturated carbocycles. The predicted molar refractivity (Wildman–Crippen MR) is 76.4 cm³/mol. The van der Waals surface area contributed by atoms with Crippen molar-refractivity contribution in [1.82, 2.24) is 5.32 Å². The van der Waals surface area contributed by atoms with Crippen molar-refractivity contribution in [3.05, 3.63) is 51.2 Å². The van der Waals surface area contributed by atoms with Crippen LogP contribution < -0.4 is 10.6 Å². The lowest BCUT2D eigenvalue weighted by atomic mass is 10.2. The zero-order valence-corrected chi connectivity index (χ0v) is 11.4. The van der Waals surface area contributed by atoms with Gasteiger partial charge in [0, 0.05) is 15.6 Å². The summed E-state index contributed by atoms with van der Waals surface area (Å²) in [7, 11) is 0. The standard InChI is InChI=1S/C13H13ClN2OS/c1-9-4-5-10(14)7-12(9)16-13(17)15-8-11-3-2-6-18-11/h2-7H,8H2,1H3,(H2,15,16,17). The van der Waals surface area contributed by atoms with Gasteiger partial charge in [0.15, 0.2) is 0 Å². The third kappa shape index (κ3) is 3.48. The summed E-state index contributed by atoms with van der Waals surface area (Å²) in [6, 6.07) is 9.12. The topological polar surface area (TPSA) is 41.1 Å². The maximum Gasteiger partial charge on any atom is 0.319 e. The van der Waals surface area contributed by atoms with Gasteiger partial charge in [-0.2, -0.15) is 0 Å². The number of carbonyl (C=O) groups is 1. The van der Waals surface area contributed by atoms with Gasteiger partial charge in [-0.05, 0) is 36.1 Å². The molecule has 2 aromatic rings. The average molecular weight is 281 g/mol. The Kier molecular flexibility index (Phi) is 4.23. The fourth-order valence-electron chi connectivity index (χ4n) is 1.48. The van der Waals surface area contributed by atoms with Crippen LogP contribution in [0, 0.1) is 6.92 Å². The van der Waals surface area contributed by atoms with Gasteiger partial charge < -0.3 is 10.6 Å². The molecular formula is C13H13ClN2OS. The smallest absolute Gasteiger partial charge is 0.319 e. The molecular weight excluding hydrogens is 268 g/mol. The minimum atomic E-state index is -0.228. The van der Waals surface area contributed by atoms with Crippen LogP contribution in [0.5, 0.6) is 0 Å². The number of carbonyl (C=O) groups excluding carboxylic acids is 1. The predicted octanol–water partition coefficient (Wildman–Crippen LogP) is 4.03. The van der Waals surface area contributed by atoms with Crippen molar-refractivity contribution in [2.24, 2.45) is 0 Å². The van der Waals surface area contributed by atoms with Crippen molar-refractivity contribution in [1.29, 1.82) is 0 Å². The second kappa shape index (κ2) is 5.89. The largest absolute Gasteiger partial charge is 0.333 e. The molecule has 3 nitrogen and oxygen atoms in total. The van der Waals surface area contributed by atoms with E-state index in [4.69, 9.17) is 11.6 Å². The molecule has 0 fully saturated rings. The van der Waals surface area contributed by atoms with E-state index >= 15 is 0 Å². The summed E-state index contributed by atoms with van der Waals surface area (Å²) >= 11 is 7.50. The maximum atomic E-state index is 11.7. The Morgan fingerprint density at radius 3 is 2.94 bits per heavy atom. The monoisotopic (exact) mass is 280 g/mol. The lowest BCUT2D eigenvalue weighted by Crippen LogP contribution is -2.28. The molecule has 1 aromatic heterocycles. The Morgan fingerprint density at radius 1 is 1.39 bits per heavy atom. The minimum absolute atomic E-state index is 0.228. The molecule has 0 aliphatic carbocycles. The Hall–Kier alpha value is -1.52. The van der Waals surface area contributed by atoms with Crippen LogP contribution in [0.15, 0.2) is 35.7 Å². The SMILES string of the molecule is Cc1ccc(Cl)cc1NC(=O)NCc1cccs1. The van der Waals surface area contributed by atoms with Gasteiger partial charge in [-0.3, -0.25) is 0 Å². The fraction of sp³-hybridized carbons (Fsp3) is 0.154. The number of aryl methyl sites for hydroxylation is 1. The number of thiophene rings is 1. The minimum Gasteiger partial charge on any atom is -0.333 e. The highest BCUT2D eigenvalue weighted by Crippen LogP contribution is 2.20. The van der Waals surface area contributed by atoms with Gasteiger partial charge in [0.05, 0.1) is 6.54 Å². The summed E-state index contributed by atoms with van der Waals surface area (Å²) in [5.74, 6) is 0.